The van der Waals surface area contributed by atoms with Crippen LogP contribution in [0.1, 0.15) is 124 Å². The summed E-state index contributed by atoms with van der Waals surface area (Å²) in [5.74, 6) is -7.53. The standard InChI is InChI=1S/C17H24N6O9P2.C16H20N6O4.C15H20ClN5O4.CH2Cl4O2P2.CN.K/c18-5-12-21-16(20-9-3-1-2-4-9)17-19-6-10(23(17)22-12)15-14(25)13(24)11(32-15)7-31-34(29,30)8-33(26,27)28;17-5-11-20-15(19-8-3-1-2-4-8)16-18-6-9(22(16)21-11)14-13(25)12(24)10(7-23)26-14;16-15-19-13(18-7-3-1-2-4-7)14-17-5-8(21(14)20-15)12-11(24)10(23)9(6-22)25-12;2-8(3,6)1-9(4,5)7;1-2;/h6,9,11,13-15,24-25H,1-4,7-8H2,(H,29,30)(H,20,21,22)(H2,26,27,28);6,8,10,12-14,23-25H,1-4,7H2,(H,19,20,21);5,7,9-12,22-24H,1-4,6H2,(H,18,19,20);1H2;;/q;;;;-1;+1/t11-,13-,14-,15+;10-,12-,13-,14+;9-,10-,11-,12+;;;/m111.../s1. The van der Waals surface area contributed by atoms with Crippen molar-refractivity contribution in [3.8, 4) is 12.1 Å². The summed E-state index contributed by atoms with van der Waals surface area (Å²) < 4.78 is 69.3. The predicted octanol–water partition coefficient (Wildman–Crippen LogP) is 1.03. The SMILES string of the molecule is N#Cc1nc(NC2CCCC2)c2ncc([C@@H]3O[C@H](CO)[C@@H](O)[C@H]3O)n2n1.N#Cc1nc(NC2CCCC2)c2ncc([C@@H]3O[C@H](COP(=O)(O)CP(=O)(O)O)[C@@H](O)[C@H]3O)n2n1.O=P(Cl)(Cl)CP(=O)(Cl)Cl.OC[C@H]1O[C@@H](c2cnc3c(NC4CCCC4)nc(Cl)nn23)[C@H](O)[C@@H]1O.[C-]#N.[K+]. The third-order valence-corrected chi connectivity index (χ3v) is 26.0. The van der Waals surface area contributed by atoms with Crippen molar-refractivity contribution < 1.29 is 144 Å². The van der Waals surface area contributed by atoms with E-state index in [-0.39, 0.29) is 91.7 Å². The Morgan fingerprint density at radius 3 is 1.15 bits per heavy atom. The molecular formula is C50H66Cl5KN18O19P4. The molecule has 0 amide bonds. The summed E-state index contributed by atoms with van der Waals surface area (Å²) in [6.45, 7) is 3.22. The fourth-order valence-corrected chi connectivity index (χ4v) is 23.2. The van der Waals surface area contributed by atoms with E-state index in [0.29, 0.717) is 46.2 Å². The van der Waals surface area contributed by atoms with Gasteiger partial charge in [-0.05, 0) is 95.1 Å². The number of aliphatic hydroxyl groups excluding tert-OH is 8. The van der Waals surface area contributed by atoms with Gasteiger partial charge in [-0.2, -0.15) is 25.5 Å². The van der Waals surface area contributed by atoms with Crippen molar-refractivity contribution in [2.75, 3.05) is 47.6 Å². The number of anilines is 3. The van der Waals surface area contributed by atoms with Gasteiger partial charge in [-0.15, -0.1) is 15.3 Å². The molecule has 9 heterocycles. The van der Waals surface area contributed by atoms with Gasteiger partial charge in [0.2, 0.25) is 5.28 Å². The number of nitriles is 2. The van der Waals surface area contributed by atoms with E-state index in [1.807, 2.05) is 12.1 Å². The summed E-state index contributed by atoms with van der Waals surface area (Å²) in [7, 11) is -9.51. The van der Waals surface area contributed by atoms with Crippen LogP contribution in [-0.4, -0.2) is 219 Å². The number of aliphatic hydroxyl groups is 8. The van der Waals surface area contributed by atoms with Crippen molar-refractivity contribution >= 4 is 118 Å². The normalized spacial score (nSPS) is 26.7. The maximum Gasteiger partial charge on any atom is 1.00 e. The monoisotopic (exact) mass is 1560 g/mol. The van der Waals surface area contributed by atoms with E-state index >= 15 is 0 Å². The number of rotatable bonds is 18. The van der Waals surface area contributed by atoms with E-state index in [4.69, 9.17) is 96.9 Å². The summed E-state index contributed by atoms with van der Waals surface area (Å²) in [5.41, 5.74) is 2.20. The minimum absolute atomic E-state index is 0. The Hall–Kier alpha value is -3.07. The van der Waals surface area contributed by atoms with Crippen molar-refractivity contribution in [3.63, 3.8) is 0 Å². The zero-order chi connectivity index (χ0) is 70.2. The molecule has 526 valence electrons. The molecule has 6 aromatic rings. The molecule has 3 saturated heterocycles. The van der Waals surface area contributed by atoms with E-state index in [1.165, 1.54) is 45.0 Å². The second kappa shape index (κ2) is 35.4. The molecule has 3 aliphatic heterocycles. The zero-order valence-electron chi connectivity index (χ0n) is 51.0. The van der Waals surface area contributed by atoms with Gasteiger partial charge >= 0.3 is 66.6 Å². The second-order valence-corrected chi connectivity index (χ2v) is 38.1. The Bertz CT molecular complexity index is 3960. The Balaban J connectivity index is 0.000000191. The molecule has 0 spiro atoms. The van der Waals surface area contributed by atoms with E-state index in [0.717, 1.165) is 64.2 Å². The van der Waals surface area contributed by atoms with Gasteiger partial charge in [0.15, 0.2) is 40.3 Å². The molecule has 3 saturated carbocycles. The molecule has 6 aliphatic rings. The zero-order valence-corrected chi connectivity index (χ0v) is 61.5. The fraction of sp³-hybridized carbons (Fsp3) is 0.640. The Morgan fingerprint density at radius 1 is 0.536 bits per heavy atom. The van der Waals surface area contributed by atoms with Gasteiger partial charge in [0.25, 0.3) is 23.3 Å². The first-order valence-electron chi connectivity index (χ1n) is 29.4. The van der Waals surface area contributed by atoms with Crippen LogP contribution in [0.2, 0.25) is 5.28 Å². The molecule has 13 atom stereocenters. The average Bonchev–Trinajstić information content (AvgIpc) is 1.65. The molecule has 1 unspecified atom stereocenters. The van der Waals surface area contributed by atoms with Crippen LogP contribution in [0.5, 0.6) is 0 Å². The summed E-state index contributed by atoms with van der Waals surface area (Å²) in [6, 6.07) is 4.56. The molecule has 12 rings (SSSR count). The topological polar surface area (TPSA) is 564 Å². The number of imidazole rings is 3. The van der Waals surface area contributed by atoms with Gasteiger partial charge in [0.05, 0.1) is 55.5 Å². The number of hydrogen-bond acceptors (Lipinski definition) is 31. The van der Waals surface area contributed by atoms with Crippen molar-refractivity contribution in [1.29, 1.82) is 15.8 Å². The smallest absolute Gasteiger partial charge is 0.512 e. The first kappa shape index (κ1) is 81.2. The molecule has 37 nitrogen and oxygen atoms in total. The number of nitrogens with one attached hydrogen (secondary N) is 3. The molecule has 97 heavy (non-hydrogen) atoms. The van der Waals surface area contributed by atoms with Gasteiger partial charge in [0.1, 0.15) is 91.3 Å². The van der Waals surface area contributed by atoms with Crippen LogP contribution >= 0.6 is 83.5 Å². The van der Waals surface area contributed by atoms with Gasteiger partial charge in [-0.3, -0.25) is 18.3 Å². The third kappa shape index (κ3) is 21.1. The molecule has 0 radical (unpaired) electrons. The van der Waals surface area contributed by atoms with Gasteiger partial charge < -0.3 is 102 Å². The summed E-state index contributed by atoms with van der Waals surface area (Å²) in [6.07, 6.45) is 3.26. The van der Waals surface area contributed by atoms with Gasteiger partial charge in [-0.1, -0.05) is 38.5 Å². The van der Waals surface area contributed by atoms with Crippen molar-refractivity contribution in [3.05, 3.63) is 59.2 Å². The van der Waals surface area contributed by atoms with Gasteiger partial charge in [-0.25, -0.2) is 28.5 Å². The quantitative estimate of drug-likeness (QED) is 0.0324. The first-order chi connectivity index (χ1) is 45.4. The molecule has 6 fully saturated rings. The van der Waals surface area contributed by atoms with Crippen LogP contribution in [-0.2, 0) is 37.0 Å². The average molecular weight is 1560 g/mol. The first-order valence-corrected chi connectivity index (χ1v) is 40.7. The molecular weight excluding hydrogens is 1500 g/mol. The summed E-state index contributed by atoms with van der Waals surface area (Å²) >= 11 is 26.1. The van der Waals surface area contributed by atoms with E-state index in [2.05, 4.69) is 61.2 Å². The summed E-state index contributed by atoms with van der Waals surface area (Å²) in [4.78, 5) is 53.0. The van der Waals surface area contributed by atoms with Crippen LogP contribution in [0.4, 0.5) is 17.5 Å². The van der Waals surface area contributed by atoms with E-state index in [1.54, 1.807) is 0 Å². The van der Waals surface area contributed by atoms with Crippen LogP contribution in [0.3, 0.4) is 0 Å². The Morgan fingerprint density at radius 2 is 0.856 bits per heavy atom. The predicted molar refractivity (Wildman–Crippen MR) is 339 cm³/mol. The molecule has 14 N–H and O–H groups in total. The number of halogens is 5. The van der Waals surface area contributed by atoms with E-state index < -0.39 is 132 Å². The molecule has 0 bridgehead atoms. The van der Waals surface area contributed by atoms with Crippen molar-refractivity contribution in [1.82, 2.24) is 58.7 Å². The fourth-order valence-electron chi connectivity index (χ4n) is 11.5. The number of hydrogen-bond donors (Lipinski definition) is 14. The Kier molecular flexibility index (Phi) is 29.6. The second-order valence-electron chi connectivity index (χ2n) is 22.8. The van der Waals surface area contributed by atoms with Crippen molar-refractivity contribution in [2.45, 2.75) is 168 Å². The number of ether oxygens (including phenoxy) is 3. The molecule has 47 heteroatoms. The number of fused-ring (bicyclic) bond motifs is 3. The molecule has 6 aromatic heterocycles. The van der Waals surface area contributed by atoms with Crippen LogP contribution < -0.4 is 67.3 Å². The minimum Gasteiger partial charge on any atom is -0.512 e. The molecule has 3 aliphatic carbocycles. The third-order valence-electron chi connectivity index (χ3n) is 15.9. The maximum atomic E-state index is 11.9. The van der Waals surface area contributed by atoms with E-state index in [9.17, 15) is 74.5 Å². The van der Waals surface area contributed by atoms with Crippen LogP contribution in [0.15, 0.2) is 18.6 Å². The Labute approximate surface area is 618 Å². The van der Waals surface area contributed by atoms with Crippen LogP contribution in [0.25, 0.3) is 16.9 Å². The van der Waals surface area contributed by atoms with Crippen molar-refractivity contribution in [2.24, 2.45) is 0 Å². The van der Waals surface area contributed by atoms with Crippen LogP contribution in [0, 0.1) is 34.5 Å². The minimum atomic E-state index is -4.83. The number of nitrogens with zero attached hydrogens (tertiary/aromatic N) is 15. The maximum absolute atomic E-state index is 11.9. The largest absolute Gasteiger partial charge is 1.00 e. The van der Waals surface area contributed by atoms with Gasteiger partial charge in [0, 0.05) is 18.1 Å². The molecule has 0 aromatic carbocycles. The number of aromatic nitrogens is 12. The summed E-state index contributed by atoms with van der Waals surface area (Å²) in [5, 5.41) is 127.